The van der Waals surface area contributed by atoms with Crippen molar-refractivity contribution in [3.63, 3.8) is 0 Å². The molecule has 8 heteroatoms. The topological polar surface area (TPSA) is 94.8 Å². The molecule has 0 spiro atoms. The zero-order chi connectivity index (χ0) is 15.3. The van der Waals surface area contributed by atoms with Gasteiger partial charge >= 0.3 is 0 Å². The Morgan fingerprint density at radius 2 is 2.05 bits per heavy atom. The molecule has 0 bridgehead atoms. The molecule has 2 aromatic rings. The average molecular weight is 290 g/mol. The summed E-state index contributed by atoms with van der Waals surface area (Å²) in [5, 5.41) is 6.78. The van der Waals surface area contributed by atoms with Crippen LogP contribution in [0, 0.1) is 5.41 Å². The van der Waals surface area contributed by atoms with Crippen LogP contribution in [0.2, 0.25) is 0 Å². The van der Waals surface area contributed by atoms with Gasteiger partial charge in [-0.1, -0.05) is 13.8 Å². The molecule has 0 radical (unpaired) electrons. The van der Waals surface area contributed by atoms with Crippen LogP contribution >= 0.6 is 0 Å². The van der Waals surface area contributed by atoms with Gasteiger partial charge in [-0.25, -0.2) is 9.97 Å². The third-order valence-electron chi connectivity index (χ3n) is 3.06. The van der Waals surface area contributed by atoms with Crippen molar-refractivity contribution in [3.8, 4) is 5.95 Å². The monoisotopic (exact) mass is 290 g/mol. The lowest BCUT2D eigenvalue weighted by molar-refractivity contribution is -0.124. The van der Waals surface area contributed by atoms with Crippen molar-refractivity contribution in [2.45, 2.75) is 20.3 Å². The molecular weight excluding hydrogens is 272 g/mol. The average Bonchev–Trinajstić information content (AvgIpc) is 2.94. The number of hydrogen-bond acceptors (Lipinski definition) is 6. The number of aromatic nitrogens is 5. The van der Waals surface area contributed by atoms with Gasteiger partial charge in [0.2, 0.25) is 11.9 Å². The summed E-state index contributed by atoms with van der Waals surface area (Å²) < 4.78 is 6.40. The summed E-state index contributed by atoms with van der Waals surface area (Å²) in [5.74, 6) is 0.474. The third-order valence-corrected chi connectivity index (χ3v) is 3.06. The van der Waals surface area contributed by atoms with Crippen molar-refractivity contribution in [3.05, 3.63) is 24.8 Å². The Morgan fingerprint density at radius 3 is 2.71 bits per heavy atom. The van der Waals surface area contributed by atoms with E-state index in [1.165, 1.54) is 11.0 Å². The van der Waals surface area contributed by atoms with Gasteiger partial charge in [0.25, 0.3) is 5.95 Å². The second kappa shape index (κ2) is 6.40. The van der Waals surface area contributed by atoms with Gasteiger partial charge in [0.15, 0.2) is 0 Å². The molecule has 1 amide bonds. The summed E-state index contributed by atoms with van der Waals surface area (Å²) in [6.45, 7) is 4.21. The van der Waals surface area contributed by atoms with Gasteiger partial charge in [-0.3, -0.25) is 10.1 Å². The van der Waals surface area contributed by atoms with E-state index in [9.17, 15) is 4.79 Å². The number of rotatable bonds is 6. The Labute approximate surface area is 122 Å². The summed E-state index contributed by atoms with van der Waals surface area (Å²) in [6, 6.07) is 1.70. The smallest absolute Gasteiger partial charge is 0.253 e. The summed E-state index contributed by atoms with van der Waals surface area (Å²) in [4.78, 5) is 24.5. The molecule has 0 atom stereocenters. The zero-order valence-electron chi connectivity index (χ0n) is 12.3. The Hall–Kier alpha value is -2.35. The zero-order valence-corrected chi connectivity index (χ0v) is 12.3. The predicted octanol–water partition coefficient (Wildman–Crippen LogP) is 1.06. The quantitative estimate of drug-likeness (QED) is 0.854. The maximum atomic E-state index is 12.3. The number of anilines is 1. The van der Waals surface area contributed by atoms with Crippen molar-refractivity contribution in [2.75, 3.05) is 19.0 Å². The molecule has 112 valence electrons. The van der Waals surface area contributed by atoms with Crippen LogP contribution in [-0.2, 0) is 9.53 Å². The molecule has 2 rings (SSSR count). The fourth-order valence-corrected chi connectivity index (χ4v) is 1.62. The van der Waals surface area contributed by atoms with E-state index in [0.717, 1.165) is 0 Å². The normalized spacial score (nSPS) is 11.4. The Balaban J connectivity index is 2.14. The second-order valence-electron chi connectivity index (χ2n) is 5.13. The number of hydrogen-bond donors (Lipinski definition) is 1. The molecule has 2 heterocycles. The van der Waals surface area contributed by atoms with E-state index in [-0.39, 0.29) is 11.9 Å². The number of nitrogens with zero attached hydrogens (tertiary/aromatic N) is 5. The fraction of sp³-hybridized carbons (Fsp3) is 0.462. The number of carbonyl (C=O) groups is 1. The van der Waals surface area contributed by atoms with Crippen LogP contribution in [0.5, 0.6) is 0 Å². The van der Waals surface area contributed by atoms with E-state index in [1.807, 2.05) is 13.8 Å². The molecule has 8 nitrogen and oxygen atoms in total. The van der Waals surface area contributed by atoms with Gasteiger partial charge in [-0.15, -0.1) is 0 Å². The highest BCUT2D eigenvalue weighted by atomic mass is 16.5. The fourth-order valence-electron chi connectivity index (χ4n) is 1.62. The molecule has 21 heavy (non-hydrogen) atoms. The van der Waals surface area contributed by atoms with E-state index >= 15 is 0 Å². The largest absolute Gasteiger partial charge is 0.385 e. The van der Waals surface area contributed by atoms with Crippen molar-refractivity contribution in [1.29, 1.82) is 0 Å². The maximum absolute atomic E-state index is 12.3. The molecule has 0 aliphatic rings. The minimum absolute atomic E-state index is 0.162. The van der Waals surface area contributed by atoms with Crippen LogP contribution < -0.4 is 5.32 Å². The van der Waals surface area contributed by atoms with E-state index in [4.69, 9.17) is 4.74 Å². The SMILES string of the molecule is COCCC(C)(C)C(=O)Nc1ncnn1-c1ncccn1. The number of methoxy groups -OCH3 is 1. The van der Waals surface area contributed by atoms with E-state index in [2.05, 4.69) is 25.4 Å². The Kier molecular flexibility index (Phi) is 4.59. The second-order valence-corrected chi connectivity index (χ2v) is 5.13. The summed E-state index contributed by atoms with van der Waals surface area (Å²) in [5.41, 5.74) is -0.579. The van der Waals surface area contributed by atoms with Crippen LogP contribution in [0.4, 0.5) is 5.95 Å². The number of carbonyl (C=O) groups excluding carboxylic acids is 1. The standard InChI is InChI=1S/C13H18N6O2/c1-13(2,5-8-21-3)10(20)18-12-16-9-17-19(12)11-14-6-4-7-15-11/h4,6-7,9H,5,8H2,1-3H3,(H,16,17,18,20). The molecule has 0 aliphatic carbocycles. The molecule has 0 aromatic carbocycles. The van der Waals surface area contributed by atoms with Gasteiger partial charge < -0.3 is 4.74 Å². The van der Waals surface area contributed by atoms with Crippen molar-refractivity contribution in [1.82, 2.24) is 24.7 Å². The first-order valence-electron chi connectivity index (χ1n) is 6.52. The van der Waals surface area contributed by atoms with E-state index in [1.54, 1.807) is 25.6 Å². The van der Waals surface area contributed by atoms with Crippen molar-refractivity contribution in [2.24, 2.45) is 5.41 Å². The molecule has 0 saturated heterocycles. The molecule has 0 fully saturated rings. The highest BCUT2D eigenvalue weighted by molar-refractivity contribution is 5.93. The lowest BCUT2D eigenvalue weighted by atomic mass is 9.89. The summed E-state index contributed by atoms with van der Waals surface area (Å²) in [7, 11) is 1.61. The molecular formula is C13H18N6O2. The summed E-state index contributed by atoms with van der Waals surface area (Å²) in [6.07, 6.45) is 5.13. The Bertz CT molecular complexity index is 596. The number of amides is 1. The predicted molar refractivity (Wildman–Crippen MR) is 75.9 cm³/mol. The van der Waals surface area contributed by atoms with Crippen LogP contribution in [0.3, 0.4) is 0 Å². The van der Waals surface area contributed by atoms with Gasteiger partial charge in [0, 0.05) is 31.5 Å². The van der Waals surface area contributed by atoms with Crippen LogP contribution in [0.15, 0.2) is 24.8 Å². The van der Waals surface area contributed by atoms with Crippen molar-refractivity contribution < 1.29 is 9.53 Å². The number of nitrogens with one attached hydrogen (secondary N) is 1. The van der Waals surface area contributed by atoms with Gasteiger partial charge in [-0.2, -0.15) is 14.8 Å². The molecule has 1 N–H and O–H groups in total. The van der Waals surface area contributed by atoms with Crippen LogP contribution in [0.1, 0.15) is 20.3 Å². The van der Waals surface area contributed by atoms with Crippen LogP contribution in [0.25, 0.3) is 5.95 Å². The first kappa shape index (κ1) is 15.0. The van der Waals surface area contributed by atoms with Crippen LogP contribution in [-0.4, -0.2) is 44.4 Å². The minimum Gasteiger partial charge on any atom is -0.385 e. The molecule has 0 unspecified atom stereocenters. The molecule has 0 aliphatic heterocycles. The summed E-state index contributed by atoms with van der Waals surface area (Å²) >= 11 is 0. The Morgan fingerprint density at radius 1 is 1.33 bits per heavy atom. The third kappa shape index (κ3) is 3.60. The first-order chi connectivity index (χ1) is 10.0. The van der Waals surface area contributed by atoms with Gasteiger partial charge in [0.1, 0.15) is 6.33 Å². The highest BCUT2D eigenvalue weighted by Crippen LogP contribution is 2.22. The van der Waals surface area contributed by atoms with Gasteiger partial charge in [0.05, 0.1) is 0 Å². The maximum Gasteiger partial charge on any atom is 0.253 e. The lowest BCUT2D eigenvalue weighted by Gasteiger charge is -2.22. The minimum atomic E-state index is -0.579. The number of ether oxygens (including phenoxy) is 1. The highest BCUT2D eigenvalue weighted by Gasteiger charge is 2.28. The van der Waals surface area contributed by atoms with Gasteiger partial charge in [-0.05, 0) is 12.5 Å². The first-order valence-corrected chi connectivity index (χ1v) is 6.52. The van der Waals surface area contributed by atoms with Crippen molar-refractivity contribution >= 4 is 11.9 Å². The molecule has 2 aromatic heterocycles. The van der Waals surface area contributed by atoms with E-state index in [0.29, 0.717) is 19.0 Å². The molecule has 0 saturated carbocycles. The van der Waals surface area contributed by atoms with E-state index < -0.39 is 5.41 Å². The lowest BCUT2D eigenvalue weighted by Crippen LogP contribution is -2.33.